The van der Waals surface area contributed by atoms with E-state index in [1.54, 1.807) is 0 Å². The van der Waals surface area contributed by atoms with E-state index >= 15 is 0 Å². The van der Waals surface area contributed by atoms with Crippen molar-refractivity contribution in [3.63, 3.8) is 0 Å². The number of benzene rings is 1. The summed E-state index contributed by atoms with van der Waals surface area (Å²) in [6.45, 7) is 9.14. The fourth-order valence-corrected chi connectivity index (χ4v) is 3.03. The van der Waals surface area contributed by atoms with E-state index in [2.05, 4.69) is 68.4 Å². The molecule has 1 aromatic heterocycles. The third-order valence-electron chi connectivity index (χ3n) is 4.39. The Labute approximate surface area is 144 Å². The van der Waals surface area contributed by atoms with Crippen LogP contribution in [0.25, 0.3) is 0 Å². The number of hydrogen-bond acceptors (Lipinski definition) is 5. The maximum absolute atomic E-state index is 4.64. The Morgan fingerprint density at radius 3 is 2.42 bits per heavy atom. The highest BCUT2D eigenvalue weighted by atomic mass is 15.3. The summed E-state index contributed by atoms with van der Waals surface area (Å²) in [6.07, 6.45) is 2.35. The topological polar surface area (TPSA) is 44.3 Å². The molecule has 0 unspecified atom stereocenters. The molecule has 128 valence electrons. The minimum Gasteiger partial charge on any atom is -0.370 e. The second-order valence-electron chi connectivity index (χ2n) is 6.25. The molecule has 0 spiro atoms. The number of aryl methyl sites for hydroxylation is 1. The molecular formula is C19H27N5. The Kier molecular flexibility index (Phi) is 5.51. The minimum atomic E-state index is 0.831. The van der Waals surface area contributed by atoms with Crippen LogP contribution in [0.1, 0.15) is 25.6 Å². The van der Waals surface area contributed by atoms with Crippen LogP contribution in [0.5, 0.6) is 0 Å². The van der Waals surface area contributed by atoms with Crippen molar-refractivity contribution in [3.05, 3.63) is 42.2 Å². The number of piperazine rings is 1. The van der Waals surface area contributed by atoms with Crippen molar-refractivity contribution in [1.29, 1.82) is 0 Å². The van der Waals surface area contributed by atoms with Crippen molar-refractivity contribution in [1.82, 2.24) is 9.97 Å². The lowest BCUT2D eigenvalue weighted by Gasteiger charge is -2.36. The predicted octanol–water partition coefficient (Wildman–Crippen LogP) is 3.32. The van der Waals surface area contributed by atoms with Gasteiger partial charge < -0.3 is 15.1 Å². The highest BCUT2D eigenvalue weighted by Crippen LogP contribution is 2.21. The lowest BCUT2D eigenvalue weighted by molar-refractivity contribution is 0.646. The number of aromatic nitrogens is 2. The van der Waals surface area contributed by atoms with E-state index in [4.69, 9.17) is 0 Å². The maximum atomic E-state index is 4.64. The van der Waals surface area contributed by atoms with Crippen molar-refractivity contribution in [3.8, 4) is 0 Å². The number of hydrogen-bond donors (Lipinski definition) is 1. The molecule has 0 bridgehead atoms. The second kappa shape index (κ2) is 7.99. The Morgan fingerprint density at radius 1 is 1.00 bits per heavy atom. The summed E-state index contributed by atoms with van der Waals surface area (Å²) >= 11 is 0. The number of anilines is 3. The van der Waals surface area contributed by atoms with Gasteiger partial charge in [0, 0.05) is 44.5 Å². The highest BCUT2D eigenvalue weighted by molar-refractivity contribution is 5.52. The number of unbranched alkanes of at least 4 members (excludes halogenated alkanes) is 1. The van der Waals surface area contributed by atoms with Crippen molar-refractivity contribution in [2.75, 3.05) is 47.8 Å². The molecule has 0 saturated carbocycles. The van der Waals surface area contributed by atoms with Crippen molar-refractivity contribution < 1.29 is 0 Å². The van der Waals surface area contributed by atoms with E-state index in [0.717, 1.165) is 56.6 Å². The number of para-hydroxylation sites is 1. The Morgan fingerprint density at radius 2 is 1.71 bits per heavy atom. The van der Waals surface area contributed by atoms with Crippen LogP contribution in [-0.2, 0) is 0 Å². The van der Waals surface area contributed by atoms with E-state index in [9.17, 15) is 0 Å². The van der Waals surface area contributed by atoms with Gasteiger partial charge in [-0.3, -0.25) is 0 Å². The standard InChI is InChI=1S/C19H27N5/c1-3-4-10-20-18-15-19(22-16(2)21-18)24-13-11-23(12-14-24)17-8-6-5-7-9-17/h5-9,15H,3-4,10-14H2,1-2H3,(H,20,21,22). The molecule has 0 atom stereocenters. The van der Waals surface area contributed by atoms with Gasteiger partial charge in [0.15, 0.2) is 0 Å². The third kappa shape index (κ3) is 4.16. The summed E-state index contributed by atoms with van der Waals surface area (Å²) in [5.41, 5.74) is 1.30. The molecule has 1 N–H and O–H groups in total. The molecule has 1 fully saturated rings. The van der Waals surface area contributed by atoms with Crippen LogP contribution >= 0.6 is 0 Å². The molecule has 3 rings (SSSR count). The summed E-state index contributed by atoms with van der Waals surface area (Å²) in [6, 6.07) is 12.7. The summed E-state index contributed by atoms with van der Waals surface area (Å²) in [7, 11) is 0. The molecule has 0 aliphatic carbocycles. The van der Waals surface area contributed by atoms with E-state index in [-0.39, 0.29) is 0 Å². The van der Waals surface area contributed by atoms with Crippen molar-refractivity contribution >= 4 is 17.3 Å². The molecular weight excluding hydrogens is 298 g/mol. The van der Waals surface area contributed by atoms with Crippen LogP contribution in [0.4, 0.5) is 17.3 Å². The van der Waals surface area contributed by atoms with Gasteiger partial charge in [0.05, 0.1) is 0 Å². The lowest BCUT2D eigenvalue weighted by Crippen LogP contribution is -2.46. The fraction of sp³-hybridized carbons (Fsp3) is 0.474. The molecule has 0 radical (unpaired) electrons. The summed E-state index contributed by atoms with van der Waals surface area (Å²) in [4.78, 5) is 13.9. The Balaban J connectivity index is 1.63. The average Bonchev–Trinajstić information content (AvgIpc) is 2.62. The molecule has 2 heterocycles. The highest BCUT2D eigenvalue weighted by Gasteiger charge is 2.19. The minimum absolute atomic E-state index is 0.831. The number of nitrogens with zero attached hydrogens (tertiary/aromatic N) is 4. The summed E-state index contributed by atoms with van der Waals surface area (Å²) in [5, 5.41) is 3.41. The third-order valence-corrected chi connectivity index (χ3v) is 4.39. The van der Waals surface area contributed by atoms with Crippen molar-refractivity contribution in [2.45, 2.75) is 26.7 Å². The fourth-order valence-electron chi connectivity index (χ4n) is 3.03. The zero-order valence-corrected chi connectivity index (χ0v) is 14.7. The van der Waals surface area contributed by atoms with Crippen molar-refractivity contribution in [2.24, 2.45) is 0 Å². The van der Waals surface area contributed by atoms with E-state index in [0.29, 0.717) is 0 Å². The first-order valence-electron chi connectivity index (χ1n) is 8.91. The smallest absolute Gasteiger partial charge is 0.134 e. The Bertz CT molecular complexity index is 635. The van der Waals surface area contributed by atoms with Gasteiger partial charge in [0.25, 0.3) is 0 Å². The quantitative estimate of drug-likeness (QED) is 0.825. The molecule has 1 aromatic carbocycles. The first kappa shape index (κ1) is 16.6. The maximum Gasteiger partial charge on any atom is 0.134 e. The molecule has 1 saturated heterocycles. The van der Waals surface area contributed by atoms with Gasteiger partial charge in [0.2, 0.25) is 0 Å². The van der Waals surface area contributed by atoms with E-state index < -0.39 is 0 Å². The molecule has 1 aliphatic rings. The first-order valence-corrected chi connectivity index (χ1v) is 8.91. The number of rotatable bonds is 6. The van der Waals surface area contributed by atoms with Crippen LogP contribution in [0.3, 0.4) is 0 Å². The predicted molar refractivity (Wildman–Crippen MR) is 101 cm³/mol. The van der Waals surface area contributed by atoms with Gasteiger partial charge in [0.1, 0.15) is 17.5 Å². The van der Waals surface area contributed by atoms with Gasteiger partial charge in [-0.2, -0.15) is 0 Å². The van der Waals surface area contributed by atoms with Gasteiger partial charge in [-0.1, -0.05) is 31.5 Å². The molecule has 5 nitrogen and oxygen atoms in total. The Hall–Kier alpha value is -2.30. The van der Waals surface area contributed by atoms with Crippen LogP contribution in [-0.4, -0.2) is 42.7 Å². The first-order chi connectivity index (χ1) is 11.8. The summed E-state index contributed by atoms with van der Waals surface area (Å²) in [5.74, 6) is 2.81. The molecule has 5 heteroatoms. The molecule has 1 aliphatic heterocycles. The molecule has 24 heavy (non-hydrogen) atoms. The monoisotopic (exact) mass is 325 g/mol. The van der Waals surface area contributed by atoms with Crippen LogP contribution in [0.2, 0.25) is 0 Å². The zero-order valence-electron chi connectivity index (χ0n) is 14.7. The SMILES string of the molecule is CCCCNc1cc(N2CCN(c3ccccc3)CC2)nc(C)n1. The van der Waals surface area contributed by atoms with E-state index in [1.807, 2.05) is 6.92 Å². The summed E-state index contributed by atoms with van der Waals surface area (Å²) < 4.78 is 0. The largest absolute Gasteiger partial charge is 0.370 e. The lowest BCUT2D eigenvalue weighted by atomic mass is 10.2. The average molecular weight is 325 g/mol. The number of nitrogens with one attached hydrogen (secondary N) is 1. The van der Waals surface area contributed by atoms with Crippen LogP contribution in [0, 0.1) is 6.92 Å². The zero-order chi connectivity index (χ0) is 16.8. The van der Waals surface area contributed by atoms with Gasteiger partial charge in [-0.05, 0) is 25.5 Å². The van der Waals surface area contributed by atoms with Crippen LogP contribution in [0.15, 0.2) is 36.4 Å². The van der Waals surface area contributed by atoms with E-state index in [1.165, 1.54) is 12.1 Å². The van der Waals surface area contributed by atoms with Crippen LogP contribution < -0.4 is 15.1 Å². The molecule has 0 amide bonds. The second-order valence-corrected chi connectivity index (χ2v) is 6.25. The van der Waals surface area contributed by atoms with Gasteiger partial charge >= 0.3 is 0 Å². The van der Waals surface area contributed by atoms with Gasteiger partial charge in [-0.25, -0.2) is 9.97 Å². The normalized spacial score (nSPS) is 14.8. The molecule has 2 aromatic rings. The van der Waals surface area contributed by atoms with Gasteiger partial charge in [-0.15, -0.1) is 0 Å².